The number of methoxy groups -OCH3 is 1. The van der Waals surface area contributed by atoms with Gasteiger partial charge in [0.2, 0.25) is 11.8 Å². The lowest BCUT2D eigenvalue weighted by molar-refractivity contribution is -0.149. The molecule has 3 fully saturated rings. The highest BCUT2D eigenvalue weighted by Gasteiger charge is 2.40. The molecule has 0 spiro atoms. The number of amides is 2. The first-order chi connectivity index (χ1) is 12.7. The molecule has 3 aliphatic rings. The van der Waals surface area contributed by atoms with Crippen LogP contribution in [0.5, 0.6) is 5.75 Å². The van der Waals surface area contributed by atoms with Gasteiger partial charge in [-0.05, 0) is 25.0 Å². The van der Waals surface area contributed by atoms with Gasteiger partial charge in [0.15, 0.2) is 0 Å². The van der Waals surface area contributed by atoms with Crippen LogP contribution in [0.2, 0.25) is 0 Å². The first kappa shape index (κ1) is 17.1. The lowest BCUT2D eigenvalue weighted by Gasteiger charge is -2.47. The zero-order valence-corrected chi connectivity index (χ0v) is 15.2. The predicted octanol–water partition coefficient (Wildman–Crippen LogP) is 0.307. The predicted molar refractivity (Wildman–Crippen MR) is 98.3 cm³/mol. The zero-order valence-electron chi connectivity index (χ0n) is 15.2. The number of nitrogens with one attached hydrogen (secondary N) is 1. The fraction of sp³-hybridized carbons (Fsp3) is 0.579. The molecule has 1 N–H and O–H groups in total. The Morgan fingerprint density at radius 1 is 1.08 bits per heavy atom. The van der Waals surface area contributed by atoms with Crippen molar-refractivity contribution in [2.75, 3.05) is 51.3 Å². The van der Waals surface area contributed by atoms with E-state index in [2.05, 4.69) is 21.2 Å². The number of carbonyl (C=O) groups is 2. The largest absolute Gasteiger partial charge is 0.495 e. The minimum Gasteiger partial charge on any atom is -0.495 e. The molecule has 7 heteroatoms. The number of hydrogen-bond acceptors (Lipinski definition) is 5. The van der Waals surface area contributed by atoms with E-state index in [0.717, 1.165) is 43.9 Å². The van der Waals surface area contributed by atoms with Crippen LogP contribution in [0, 0.1) is 0 Å². The third-order valence-electron chi connectivity index (χ3n) is 5.86. The summed E-state index contributed by atoms with van der Waals surface area (Å²) in [5.74, 6) is 0.943. The molecule has 3 heterocycles. The molecule has 0 bridgehead atoms. The Morgan fingerprint density at radius 3 is 2.62 bits per heavy atom. The second-order valence-corrected chi connectivity index (χ2v) is 7.21. The van der Waals surface area contributed by atoms with Crippen LogP contribution in [-0.2, 0) is 9.59 Å². The maximum atomic E-state index is 12.2. The molecule has 3 aliphatic heterocycles. The summed E-state index contributed by atoms with van der Waals surface area (Å²) in [6, 6.07) is 8.28. The number of piperazine rings is 2. The molecule has 1 aromatic carbocycles. The number of benzene rings is 1. The lowest BCUT2D eigenvalue weighted by atomic mass is 9.99. The van der Waals surface area contributed by atoms with E-state index >= 15 is 0 Å². The minimum atomic E-state index is -0.322. The number of fused-ring (bicyclic) bond motifs is 1. The Balaban J connectivity index is 1.38. The number of anilines is 1. The summed E-state index contributed by atoms with van der Waals surface area (Å²) in [6.07, 6.45) is 2.11. The standard InChI is InChI=1S/C19H26N4O3/c1-26-17-5-3-2-4-15(17)21-8-6-14(7-9-21)22-10-11-23-16(13-22)19(25)20-12-18(23)24/h2-5,14,16H,6-13H2,1H3,(H,20,25)/t16-/m1/s1. The molecule has 4 rings (SSSR count). The van der Waals surface area contributed by atoms with Gasteiger partial charge in [0.1, 0.15) is 11.8 Å². The van der Waals surface area contributed by atoms with Crippen molar-refractivity contribution in [3.63, 3.8) is 0 Å². The quantitative estimate of drug-likeness (QED) is 0.842. The zero-order chi connectivity index (χ0) is 18.1. The molecule has 0 radical (unpaired) electrons. The fourth-order valence-electron chi connectivity index (χ4n) is 4.40. The summed E-state index contributed by atoms with van der Waals surface area (Å²) >= 11 is 0. The van der Waals surface area contributed by atoms with E-state index < -0.39 is 0 Å². The van der Waals surface area contributed by atoms with Gasteiger partial charge >= 0.3 is 0 Å². The first-order valence-electron chi connectivity index (χ1n) is 9.36. The molecule has 1 aromatic rings. The SMILES string of the molecule is COc1ccccc1N1CCC(N2CCN3C(=O)CNC(=O)[C@H]3C2)CC1. The summed E-state index contributed by atoms with van der Waals surface area (Å²) in [7, 11) is 1.71. The normalized spacial score (nSPS) is 25.0. The molecule has 7 nitrogen and oxygen atoms in total. The second-order valence-electron chi connectivity index (χ2n) is 7.21. The van der Waals surface area contributed by atoms with Gasteiger partial charge in [0, 0.05) is 38.8 Å². The highest BCUT2D eigenvalue weighted by atomic mass is 16.5. The van der Waals surface area contributed by atoms with Crippen LogP contribution in [0.15, 0.2) is 24.3 Å². The first-order valence-corrected chi connectivity index (χ1v) is 9.36. The summed E-state index contributed by atoms with van der Waals surface area (Å²) in [4.78, 5) is 30.7. The Hall–Kier alpha value is -2.28. The van der Waals surface area contributed by atoms with E-state index in [9.17, 15) is 9.59 Å². The van der Waals surface area contributed by atoms with Crippen LogP contribution in [0.3, 0.4) is 0 Å². The lowest BCUT2D eigenvalue weighted by Crippen LogP contribution is -2.67. The number of piperidine rings is 1. The van der Waals surface area contributed by atoms with Gasteiger partial charge in [-0.2, -0.15) is 0 Å². The third-order valence-corrected chi connectivity index (χ3v) is 5.86. The van der Waals surface area contributed by atoms with Gasteiger partial charge < -0.3 is 19.9 Å². The van der Waals surface area contributed by atoms with Crippen LogP contribution in [0.25, 0.3) is 0 Å². The van der Waals surface area contributed by atoms with Gasteiger partial charge in [-0.15, -0.1) is 0 Å². The summed E-state index contributed by atoms with van der Waals surface area (Å²) in [5.41, 5.74) is 1.15. The topological polar surface area (TPSA) is 65.1 Å². The minimum absolute atomic E-state index is 0.0132. The number of rotatable bonds is 3. The maximum absolute atomic E-state index is 12.2. The molecule has 1 atom stereocenters. The fourth-order valence-corrected chi connectivity index (χ4v) is 4.40. The van der Waals surface area contributed by atoms with Gasteiger partial charge in [0.05, 0.1) is 19.3 Å². The van der Waals surface area contributed by atoms with Crippen LogP contribution in [-0.4, -0.2) is 80.1 Å². The average molecular weight is 358 g/mol. The summed E-state index contributed by atoms with van der Waals surface area (Å²) in [6.45, 7) is 4.25. The molecule has 0 aliphatic carbocycles. The summed E-state index contributed by atoms with van der Waals surface area (Å²) in [5, 5.41) is 2.72. The van der Waals surface area contributed by atoms with Gasteiger partial charge in [-0.3, -0.25) is 14.5 Å². The van der Waals surface area contributed by atoms with Crippen molar-refractivity contribution in [2.24, 2.45) is 0 Å². The number of hydrogen-bond donors (Lipinski definition) is 1. The Labute approximate surface area is 153 Å². The molecule has 0 unspecified atom stereocenters. The van der Waals surface area contributed by atoms with E-state index in [1.165, 1.54) is 0 Å². The Morgan fingerprint density at radius 2 is 1.85 bits per heavy atom. The molecule has 0 saturated carbocycles. The van der Waals surface area contributed by atoms with Crippen LogP contribution >= 0.6 is 0 Å². The summed E-state index contributed by atoms with van der Waals surface area (Å²) < 4.78 is 5.49. The van der Waals surface area contributed by atoms with Gasteiger partial charge in [-0.25, -0.2) is 0 Å². The van der Waals surface area contributed by atoms with E-state index in [1.807, 2.05) is 18.2 Å². The number of ether oxygens (including phenoxy) is 1. The highest BCUT2D eigenvalue weighted by molar-refractivity contribution is 5.95. The van der Waals surface area contributed by atoms with Crippen molar-refractivity contribution in [1.29, 1.82) is 0 Å². The molecule has 0 aromatic heterocycles. The van der Waals surface area contributed by atoms with Crippen molar-refractivity contribution in [1.82, 2.24) is 15.1 Å². The van der Waals surface area contributed by atoms with Crippen molar-refractivity contribution >= 4 is 17.5 Å². The maximum Gasteiger partial charge on any atom is 0.244 e. The Bertz CT molecular complexity index is 687. The smallest absolute Gasteiger partial charge is 0.244 e. The molecule has 140 valence electrons. The van der Waals surface area contributed by atoms with E-state index in [4.69, 9.17) is 4.74 Å². The number of nitrogens with zero attached hydrogens (tertiary/aromatic N) is 3. The molecular formula is C19H26N4O3. The van der Waals surface area contributed by atoms with Crippen molar-refractivity contribution in [3.05, 3.63) is 24.3 Å². The number of para-hydroxylation sites is 2. The number of carbonyl (C=O) groups excluding carboxylic acids is 2. The molecular weight excluding hydrogens is 332 g/mol. The molecule has 2 amide bonds. The van der Waals surface area contributed by atoms with Gasteiger partial charge in [0.25, 0.3) is 0 Å². The Kier molecular flexibility index (Phi) is 4.72. The third kappa shape index (κ3) is 3.11. The van der Waals surface area contributed by atoms with Crippen molar-refractivity contribution < 1.29 is 14.3 Å². The second kappa shape index (κ2) is 7.15. The van der Waals surface area contributed by atoms with Crippen LogP contribution in [0.1, 0.15) is 12.8 Å². The average Bonchev–Trinajstić information content (AvgIpc) is 2.71. The van der Waals surface area contributed by atoms with Crippen molar-refractivity contribution in [3.8, 4) is 5.75 Å². The van der Waals surface area contributed by atoms with E-state index in [0.29, 0.717) is 19.1 Å². The van der Waals surface area contributed by atoms with Crippen molar-refractivity contribution in [2.45, 2.75) is 24.9 Å². The highest BCUT2D eigenvalue weighted by Crippen LogP contribution is 2.31. The van der Waals surface area contributed by atoms with E-state index in [-0.39, 0.29) is 24.4 Å². The molecule has 3 saturated heterocycles. The monoisotopic (exact) mass is 358 g/mol. The van der Waals surface area contributed by atoms with Gasteiger partial charge in [-0.1, -0.05) is 12.1 Å². The molecule has 26 heavy (non-hydrogen) atoms. The van der Waals surface area contributed by atoms with Crippen LogP contribution in [0.4, 0.5) is 5.69 Å². The van der Waals surface area contributed by atoms with Crippen LogP contribution < -0.4 is 15.0 Å². The van der Waals surface area contributed by atoms with E-state index in [1.54, 1.807) is 12.0 Å².